The molecule has 0 fully saturated rings. The van der Waals surface area contributed by atoms with Crippen LogP contribution < -0.4 is 0 Å². The summed E-state index contributed by atoms with van der Waals surface area (Å²) in [5.41, 5.74) is 0. The summed E-state index contributed by atoms with van der Waals surface area (Å²) in [7, 11) is 0. The average Bonchev–Trinajstić information content (AvgIpc) is 1.97. The van der Waals surface area contributed by atoms with Gasteiger partial charge in [-0.25, -0.2) is 0 Å². The maximum Gasteiger partial charge on any atom is 0.699 e. The Morgan fingerprint density at radius 2 is 1.31 bits per heavy atom. The molecule has 74 valence electrons. The van der Waals surface area contributed by atoms with E-state index in [2.05, 4.69) is 0 Å². The van der Waals surface area contributed by atoms with Crippen LogP contribution in [0.5, 0.6) is 0 Å². The first-order valence-electron chi connectivity index (χ1n) is 3.33. The van der Waals surface area contributed by atoms with Crippen molar-refractivity contribution in [1.82, 2.24) is 0 Å². The lowest BCUT2D eigenvalue weighted by Crippen LogP contribution is -2.53. The van der Waals surface area contributed by atoms with Crippen molar-refractivity contribution in [1.29, 1.82) is 0 Å². The van der Waals surface area contributed by atoms with Crippen LogP contribution >= 0.6 is 0 Å². The molecule has 0 heterocycles. The molecule has 0 aliphatic heterocycles. The van der Waals surface area contributed by atoms with Crippen LogP contribution in [0, 0.1) is 30.3 Å². The van der Waals surface area contributed by atoms with Crippen molar-refractivity contribution in [2.45, 2.75) is 25.6 Å². The van der Waals surface area contributed by atoms with Gasteiger partial charge < -0.3 is 0 Å². The zero-order valence-electron chi connectivity index (χ0n) is 6.71. The van der Waals surface area contributed by atoms with Crippen LogP contribution in [-0.2, 0) is 0 Å². The molecule has 9 nitrogen and oxygen atoms in total. The van der Waals surface area contributed by atoms with Gasteiger partial charge in [-0.15, -0.1) is 0 Å². The minimum Gasteiger partial charge on any atom is -0.253 e. The van der Waals surface area contributed by atoms with Crippen molar-refractivity contribution >= 4 is 0 Å². The first-order chi connectivity index (χ1) is 5.89. The largest absolute Gasteiger partial charge is 0.699 e. The van der Waals surface area contributed by atoms with E-state index in [0.717, 1.165) is 0 Å². The Morgan fingerprint density at radius 1 is 1.00 bits per heavy atom. The van der Waals surface area contributed by atoms with E-state index >= 15 is 0 Å². The Balaban J connectivity index is 5.18. The molecule has 0 radical (unpaired) electrons. The number of rotatable bonds is 5. The minimum absolute atomic E-state index is 0.0110. The van der Waals surface area contributed by atoms with Gasteiger partial charge in [-0.1, -0.05) is 6.92 Å². The van der Waals surface area contributed by atoms with Gasteiger partial charge in [0.1, 0.15) is 0 Å². The summed E-state index contributed by atoms with van der Waals surface area (Å²) in [4.78, 5) is 26.2. The van der Waals surface area contributed by atoms with Crippen LogP contribution in [0.1, 0.15) is 19.8 Å². The lowest BCUT2D eigenvalue weighted by molar-refractivity contribution is -0.970. The van der Waals surface area contributed by atoms with Gasteiger partial charge in [-0.05, 0) is 6.42 Å². The average molecular weight is 193 g/mol. The van der Waals surface area contributed by atoms with Crippen LogP contribution in [0.25, 0.3) is 0 Å². The Bertz CT molecular complexity index is 214. The maximum atomic E-state index is 10.2. The molecule has 0 atom stereocenters. The summed E-state index contributed by atoms with van der Waals surface area (Å²) in [6, 6.07) is 0. The molecule has 0 aliphatic rings. The summed E-state index contributed by atoms with van der Waals surface area (Å²) in [6.07, 6.45) is -0.733. The smallest absolute Gasteiger partial charge is 0.253 e. The van der Waals surface area contributed by atoms with Gasteiger partial charge in [0.2, 0.25) is 0 Å². The number of nitro groups is 3. The van der Waals surface area contributed by atoms with Gasteiger partial charge in [0.15, 0.2) is 21.2 Å². The van der Waals surface area contributed by atoms with Crippen molar-refractivity contribution in [2.24, 2.45) is 0 Å². The van der Waals surface area contributed by atoms with Crippen LogP contribution in [0.4, 0.5) is 0 Å². The van der Waals surface area contributed by atoms with Crippen molar-refractivity contribution in [2.75, 3.05) is 0 Å². The van der Waals surface area contributed by atoms with Gasteiger partial charge >= 0.3 is 5.79 Å². The van der Waals surface area contributed by atoms with Gasteiger partial charge in [-0.2, -0.15) is 0 Å². The molecule has 0 unspecified atom stereocenters. The van der Waals surface area contributed by atoms with E-state index < -0.39 is 27.0 Å². The van der Waals surface area contributed by atoms with E-state index in [9.17, 15) is 30.3 Å². The highest BCUT2D eigenvalue weighted by atomic mass is 16.7. The zero-order chi connectivity index (χ0) is 10.6. The third kappa shape index (κ3) is 1.68. The van der Waals surface area contributed by atoms with Gasteiger partial charge in [0.25, 0.3) is 0 Å². The monoisotopic (exact) mass is 193 g/mol. The summed E-state index contributed by atoms with van der Waals surface area (Å²) in [6.45, 7) is 1.39. The fourth-order valence-electron chi connectivity index (χ4n) is 0.809. The van der Waals surface area contributed by atoms with E-state index in [1.54, 1.807) is 0 Å². The molecule has 13 heavy (non-hydrogen) atoms. The van der Waals surface area contributed by atoms with Crippen molar-refractivity contribution in [3.8, 4) is 0 Å². The van der Waals surface area contributed by atoms with Gasteiger partial charge in [-0.3, -0.25) is 30.3 Å². The number of nitrogens with zero attached hydrogens (tertiary/aromatic N) is 3. The molecule has 0 saturated heterocycles. The molecule has 0 saturated carbocycles. The third-order valence-electron chi connectivity index (χ3n) is 1.46. The van der Waals surface area contributed by atoms with E-state index in [0.29, 0.717) is 0 Å². The summed E-state index contributed by atoms with van der Waals surface area (Å²) < 4.78 is 0. The predicted octanol–water partition coefficient (Wildman–Crippen LogP) is 0.270. The Kier molecular flexibility index (Phi) is 3.22. The SMILES string of the molecule is CCCC([N+](=O)[O-])([N+](=O)[O-])[N+](=O)[O-]. The second kappa shape index (κ2) is 3.74. The molecule has 0 rings (SSSR count). The molecule has 0 aromatic carbocycles. The summed E-state index contributed by atoms with van der Waals surface area (Å²) >= 11 is 0. The van der Waals surface area contributed by atoms with Crippen molar-refractivity contribution < 1.29 is 14.8 Å². The Hall–Kier alpha value is -1.80. The van der Waals surface area contributed by atoms with Crippen LogP contribution in [0.3, 0.4) is 0 Å². The Morgan fingerprint density at radius 3 is 1.38 bits per heavy atom. The van der Waals surface area contributed by atoms with Crippen molar-refractivity contribution in [3.63, 3.8) is 0 Å². The normalized spacial score (nSPS) is 10.8. The molecule has 0 aromatic heterocycles. The van der Waals surface area contributed by atoms with E-state index in [1.807, 2.05) is 0 Å². The number of hydrogen-bond donors (Lipinski definition) is 0. The fraction of sp³-hybridized carbons (Fsp3) is 1.00. The highest BCUT2D eigenvalue weighted by Gasteiger charge is 2.69. The zero-order valence-corrected chi connectivity index (χ0v) is 6.71. The predicted molar refractivity (Wildman–Crippen MR) is 38.6 cm³/mol. The number of hydrogen-bond acceptors (Lipinski definition) is 6. The molecule has 0 spiro atoms. The highest BCUT2D eigenvalue weighted by molar-refractivity contribution is 4.51. The van der Waals surface area contributed by atoms with Crippen molar-refractivity contribution in [3.05, 3.63) is 30.3 Å². The summed E-state index contributed by atoms with van der Waals surface area (Å²) in [5, 5.41) is 30.6. The van der Waals surface area contributed by atoms with E-state index in [1.165, 1.54) is 6.92 Å². The van der Waals surface area contributed by atoms with E-state index in [-0.39, 0.29) is 6.42 Å². The van der Waals surface area contributed by atoms with Gasteiger partial charge in [0, 0.05) is 0 Å². The highest BCUT2D eigenvalue weighted by Crippen LogP contribution is 2.18. The molecule has 9 heteroatoms. The lowest BCUT2D eigenvalue weighted by Gasteiger charge is -2.06. The molecule has 0 bridgehead atoms. The second-order valence-electron chi connectivity index (χ2n) is 2.30. The molecule has 0 aromatic rings. The molecular weight excluding hydrogens is 186 g/mol. The fourth-order valence-corrected chi connectivity index (χ4v) is 0.809. The van der Waals surface area contributed by atoms with Crippen LogP contribution in [0.2, 0.25) is 0 Å². The first kappa shape index (κ1) is 11.2. The maximum absolute atomic E-state index is 10.2. The Labute approximate surface area is 71.8 Å². The second-order valence-corrected chi connectivity index (χ2v) is 2.30. The molecule has 0 amide bonds. The quantitative estimate of drug-likeness (QED) is 0.350. The van der Waals surface area contributed by atoms with E-state index in [4.69, 9.17) is 0 Å². The lowest BCUT2D eigenvalue weighted by atomic mass is 10.2. The first-order valence-corrected chi connectivity index (χ1v) is 3.33. The third-order valence-corrected chi connectivity index (χ3v) is 1.46. The molecular formula is C4H7N3O6. The summed E-state index contributed by atoms with van der Waals surface area (Å²) in [5.74, 6) is -3.28. The van der Waals surface area contributed by atoms with Crippen LogP contribution in [0.15, 0.2) is 0 Å². The standard InChI is InChI=1S/C4H7N3O6/c1-2-3-4(5(8)9,6(10)11)7(12)13/h2-3H2,1H3. The minimum atomic E-state index is -3.28. The van der Waals surface area contributed by atoms with Gasteiger partial charge in [0.05, 0.1) is 0 Å². The molecule has 0 aliphatic carbocycles. The van der Waals surface area contributed by atoms with Crippen LogP contribution in [-0.4, -0.2) is 20.6 Å². The topological polar surface area (TPSA) is 129 Å². The molecule has 0 N–H and O–H groups in total.